The Balaban J connectivity index is -0.000000296. The molecule has 0 radical (unpaired) electrons. The summed E-state index contributed by atoms with van der Waals surface area (Å²) in [5.74, 6) is 6.19. The van der Waals surface area contributed by atoms with Crippen molar-refractivity contribution < 1.29 is 47.4 Å². The first-order valence-corrected chi connectivity index (χ1v) is 8.70. The second kappa shape index (κ2) is 30.7. The first-order chi connectivity index (χ1) is 14.8. The summed E-state index contributed by atoms with van der Waals surface area (Å²) in [6.45, 7) is 22.5. The SMILES string of the molecule is CO[C](=[W])C#Cc1ccccc1/C=C/c1ccccc1.[C-]#[O+].[C-]#[O+].[C-]#[O+].[C-]#[O+].[C-]#[O+]. The van der Waals surface area contributed by atoms with E-state index in [-0.39, 0.29) is 0 Å². The van der Waals surface area contributed by atoms with Gasteiger partial charge in [0, 0.05) is 0 Å². The fourth-order valence-electron chi connectivity index (χ4n) is 1.68. The van der Waals surface area contributed by atoms with Crippen LogP contribution in [0.15, 0.2) is 54.6 Å². The molecular formula is C23H14O6W. The minimum absolute atomic E-state index is 0.798. The molecule has 2 rings (SSSR count). The molecule has 148 valence electrons. The molecular weight excluding hydrogens is 556 g/mol. The average Bonchev–Trinajstić information content (AvgIpc) is 2.88. The number of methoxy groups -OCH3 is 1. The van der Waals surface area contributed by atoms with Crippen molar-refractivity contribution in [2.24, 2.45) is 0 Å². The molecule has 30 heavy (non-hydrogen) atoms. The normalized spacial score (nSPS) is 7.03. The average molecular weight is 570 g/mol. The van der Waals surface area contributed by atoms with Gasteiger partial charge < -0.3 is 0 Å². The van der Waals surface area contributed by atoms with E-state index in [0.29, 0.717) is 0 Å². The van der Waals surface area contributed by atoms with Crippen LogP contribution < -0.4 is 0 Å². The van der Waals surface area contributed by atoms with E-state index in [1.807, 2.05) is 36.4 Å². The van der Waals surface area contributed by atoms with E-state index < -0.39 is 0 Å². The molecule has 0 N–H and O–H groups in total. The predicted molar refractivity (Wildman–Crippen MR) is 100 cm³/mol. The van der Waals surface area contributed by atoms with Crippen molar-refractivity contribution in [3.8, 4) is 11.8 Å². The number of hydrogen-bond donors (Lipinski definition) is 0. The summed E-state index contributed by atoms with van der Waals surface area (Å²) in [4.78, 5) is 0. The van der Waals surface area contributed by atoms with Gasteiger partial charge in [-0.2, -0.15) is 0 Å². The van der Waals surface area contributed by atoms with Crippen LogP contribution in [0.4, 0.5) is 0 Å². The van der Waals surface area contributed by atoms with Crippen molar-refractivity contribution in [2.45, 2.75) is 0 Å². The number of rotatable bonds is 3. The summed E-state index contributed by atoms with van der Waals surface area (Å²) in [6, 6.07) is 18.4. The summed E-state index contributed by atoms with van der Waals surface area (Å²) < 4.78 is 43.4. The Morgan fingerprint density at radius 3 is 1.73 bits per heavy atom. The number of benzene rings is 2. The van der Waals surface area contributed by atoms with Crippen LogP contribution in [0.5, 0.6) is 0 Å². The van der Waals surface area contributed by atoms with Gasteiger partial charge in [0.2, 0.25) is 0 Å². The molecule has 0 aromatic heterocycles. The fraction of sp³-hybridized carbons (Fsp3) is 0.0435. The molecule has 0 saturated heterocycles. The van der Waals surface area contributed by atoms with Crippen LogP contribution in [0.1, 0.15) is 16.7 Å². The molecule has 0 bridgehead atoms. The van der Waals surface area contributed by atoms with Crippen LogP contribution in [-0.4, -0.2) is 11.2 Å². The first kappa shape index (κ1) is 34.5. The number of ether oxygens (including phenoxy) is 1. The van der Waals surface area contributed by atoms with Crippen molar-refractivity contribution in [3.05, 3.63) is 105 Å². The van der Waals surface area contributed by atoms with E-state index in [2.05, 4.69) is 75.4 Å². The van der Waals surface area contributed by atoms with Gasteiger partial charge in [0.15, 0.2) is 0 Å². The van der Waals surface area contributed by atoms with E-state index in [9.17, 15) is 0 Å². The Labute approximate surface area is 187 Å². The van der Waals surface area contributed by atoms with Crippen LogP contribution in [0.3, 0.4) is 0 Å². The molecule has 0 atom stereocenters. The van der Waals surface area contributed by atoms with Crippen LogP contribution in [0.25, 0.3) is 12.2 Å². The van der Waals surface area contributed by atoms with Crippen LogP contribution in [0.2, 0.25) is 0 Å². The maximum atomic E-state index is 7.50. The van der Waals surface area contributed by atoms with E-state index >= 15 is 0 Å². The van der Waals surface area contributed by atoms with Gasteiger partial charge in [-0.15, -0.1) is 0 Å². The van der Waals surface area contributed by atoms with Crippen molar-refractivity contribution >= 4 is 16.2 Å². The van der Waals surface area contributed by atoms with Crippen molar-refractivity contribution in [3.63, 3.8) is 0 Å². The van der Waals surface area contributed by atoms with Gasteiger partial charge in [-0.3, -0.25) is 0 Å². The van der Waals surface area contributed by atoms with Gasteiger partial charge in [0.05, 0.1) is 0 Å². The van der Waals surface area contributed by atoms with Gasteiger partial charge in [-0.25, -0.2) is 0 Å². The topological polar surface area (TPSA) is 109 Å². The summed E-state index contributed by atoms with van der Waals surface area (Å²) in [7, 11) is 1.65. The quantitative estimate of drug-likeness (QED) is 0.240. The van der Waals surface area contributed by atoms with Crippen LogP contribution >= 0.6 is 0 Å². The van der Waals surface area contributed by atoms with Gasteiger partial charge in [-0.1, -0.05) is 0 Å². The van der Waals surface area contributed by atoms with Crippen LogP contribution in [-0.2, 0) is 47.4 Å². The van der Waals surface area contributed by atoms with Gasteiger partial charge in [-0.05, 0) is 0 Å². The Kier molecular flexibility index (Phi) is 35.2. The third-order valence-electron chi connectivity index (χ3n) is 2.70. The molecule has 2 aromatic rings. The van der Waals surface area contributed by atoms with Gasteiger partial charge in [0.1, 0.15) is 0 Å². The van der Waals surface area contributed by atoms with Crippen molar-refractivity contribution in [1.82, 2.24) is 0 Å². The summed E-state index contributed by atoms with van der Waals surface area (Å²) in [5.41, 5.74) is 3.30. The molecule has 6 nitrogen and oxygen atoms in total. The Morgan fingerprint density at radius 1 is 0.767 bits per heavy atom. The zero-order valence-electron chi connectivity index (χ0n) is 15.7. The van der Waals surface area contributed by atoms with Gasteiger partial charge >= 0.3 is 187 Å². The monoisotopic (exact) mass is 570 g/mol. The molecule has 0 amide bonds. The van der Waals surface area contributed by atoms with E-state index in [1.54, 1.807) is 7.11 Å². The third-order valence-corrected chi connectivity index (χ3v) is 3.67. The molecule has 7 heteroatoms. The molecule has 0 aliphatic rings. The predicted octanol–water partition coefficient (Wildman–Crippen LogP) is 3.34. The molecule has 0 aliphatic carbocycles. The molecule has 0 spiro atoms. The standard InChI is InChI=1S/C18H14O.5CO.W/c1-19-15-7-12-17-10-5-6-11-18(17)14-13-16-8-3-2-4-9-16;5*1-2;/h2-6,8-11,13-14H,1H3;;;;;;/b14-13+;;;;;;. The molecule has 0 unspecified atom stereocenters. The molecule has 0 aliphatic heterocycles. The first-order valence-electron chi connectivity index (χ1n) is 7.24. The van der Waals surface area contributed by atoms with Crippen LogP contribution in [0, 0.1) is 45.1 Å². The Hall–Kier alpha value is -3.04. The third kappa shape index (κ3) is 18.3. The second-order valence-electron chi connectivity index (χ2n) is 4.07. The van der Waals surface area contributed by atoms with E-state index in [1.165, 1.54) is 24.9 Å². The molecule has 0 heterocycles. The number of hydrogen-bond acceptors (Lipinski definition) is 1. The molecule has 2 aromatic carbocycles. The van der Waals surface area contributed by atoms with E-state index in [4.69, 9.17) is 28.0 Å². The minimum atomic E-state index is 0.798. The zero-order chi connectivity index (χ0) is 24.2. The van der Waals surface area contributed by atoms with Crippen molar-refractivity contribution in [1.29, 1.82) is 0 Å². The molecule has 0 saturated carbocycles. The summed E-state index contributed by atoms with van der Waals surface area (Å²) >= 11 is 1.24. The Morgan fingerprint density at radius 2 is 1.23 bits per heavy atom. The van der Waals surface area contributed by atoms with Crippen molar-refractivity contribution in [2.75, 3.05) is 7.11 Å². The van der Waals surface area contributed by atoms with E-state index in [0.717, 1.165) is 15.2 Å². The Bertz CT molecular complexity index is 859. The second-order valence-corrected chi connectivity index (χ2v) is 5.40. The zero-order valence-corrected chi connectivity index (χ0v) is 18.6. The fourth-order valence-corrected chi connectivity index (χ4v) is 1.86. The maximum absolute atomic E-state index is 7.50. The summed E-state index contributed by atoms with van der Waals surface area (Å²) in [6.07, 6.45) is 4.19. The summed E-state index contributed by atoms with van der Waals surface area (Å²) in [5, 5.41) is 0. The van der Waals surface area contributed by atoms with Gasteiger partial charge in [0.25, 0.3) is 0 Å². The molecule has 0 fully saturated rings.